The molecule has 0 aromatic heterocycles. The van der Waals surface area contributed by atoms with E-state index in [1.165, 1.54) is 22.4 Å². The van der Waals surface area contributed by atoms with Crippen molar-refractivity contribution in [2.75, 3.05) is 25.5 Å². The fraction of sp³-hybridized carbons (Fsp3) is 0.333. The van der Waals surface area contributed by atoms with E-state index in [2.05, 4.69) is 11.4 Å². The third-order valence-corrected chi connectivity index (χ3v) is 4.57. The van der Waals surface area contributed by atoms with Crippen LogP contribution >= 0.6 is 0 Å². The molecule has 26 heavy (non-hydrogen) atoms. The van der Waals surface area contributed by atoms with E-state index in [0.717, 1.165) is 24.1 Å². The molecule has 0 spiro atoms. The average Bonchev–Trinajstić information content (AvgIpc) is 3.09. The number of aryl methyl sites for hydroxylation is 3. The molecule has 0 atom stereocenters. The summed E-state index contributed by atoms with van der Waals surface area (Å²) in [6, 6.07) is 13.5. The summed E-state index contributed by atoms with van der Waals surface area (Å²) in [4.78, 5) is 25.6. The largest absolute Gasteiger partial charge is 0.484 e. The fourth-order valence-electron chi connectivity index (χ4n) is 3.03. The zero-order valence-corrected chi connectivity index (χ0v) is 15.2. The van der Waals surface area contributed by atoms with Crippen LogP contribution < -0.4 is 10.1 Å². The van der Waals surface area contributed by atoms with E-state index < -0.39 is 0 Å². The van der Waals surface area contributed by atoms with Crippen LogP contribution in [-0.2, 0) is 22.4 Å². The van der Waals surface area contributed by atoms with Crippen LogP contribution in [0.25, 0.3) is 0 Å². The number of carbonyl (C=O) groups is 2. The third-order valence-electron chi connectivity index (χ3n) is 4.57. The van der Waals surface area contributed by atoms with Gasteiger partial charge in [0.1, 0.15) is 5.75 Å². The lowest BCUT2D eigenvalue weighted by Gasteiger charge is -2.17. The summed E-state index contributed by atoms with van der Waals surface area (Å²) >= 11 is 0. The SMILES string of the molecule is Cc1ccc(NC(=O)CN(C)C(=O)COc2ccc3c(c2)CCC3)cc1. The van der Waals surface area contributed by atoms with Gasteiger partial charge in [0.15, 0.2) is 6.61 Å². The van der Waals surface area contributed by atoms with Gasteiger partial charge in [-0.1, -0.05) is 23.8 Å². The van der Waals surface area contributed by atoms with Crippen LogP contribution in [0.5, 0.6) is 5.75 Å². The number of carbonyl (C=O) groups excluding carboxylic acids is 2. The first-order chi connectivity index (χ1) is 12.5. The zero-order valence-electron chi connectivity index (χ0n) is 15.2. The molecule has 136 valence electrons. The highest BCUT2D eigenvalue weighted by atomic mass is 16.5. The molecule has 0 aliphatic heterocycles. The number of anilines is 1. The van der Waals surface area contributed by atoms with Gasteiger partial charge in [0.05, 0.1) is 6.54 Å². The van der Waals surface area contributed by atoms with E-state index in [4.69, 9.17) is 4.74 Å². The van der Waals surface area contributed by atoms with Crippen molar-refractivity contribution in [1.82, 2.24) is 4.90 Å². The zero-order chi connectivity index (χ0) is 18.5. The summed E-state index contributed by atoms with van der Waals surface area (Å²) in [5.41, 5.74) is 4.52. The average molecular weight is 352 g/mol. The van der Waals surface area contributed by atoms with E-state index in [1.54, 1.807) is 7.05 Å². The number of nitrogens with zero attached hydrogens (tertiary/aromatic N) is 1. The number of rotatable bonds is 6. The van der Waals surface area contributed by atoms with E-state index >= 15 is 0 Å². The van der Waals surface area contributed by atoms with Crippen LogP contribution in [0.4, 0.5) is 5.69 Å². The number of hydrogen-bond donors (Lipinski definition) is 1. The highest BCUT2D eigenvalue weighted by Gasteiger charge is 2.15. The molecule has 0 fully saturated rings. The molecule has 0 bridgehead atoms. The lowest BCUT2D eigenvalue weighted by atomic mass is 10.1. The molecule has 2 amide bonds. The van der Waals surface area contributed by atoms with Crippen LogP contribution in [0.1, 0.15) is 23.1 Å². The van der Waals surface area contributed by atoms with Crippen molar-refractivity contribution in [2.24, 2.45) is 0 Å². The molecule has 1 aliphatic rings. The maximum absolute atomic E-state index is 12.2. The van der Waals surface area contributed by atoms with Gasteiger partial charge in [0.2, 0.25) is 5.91 Å². The smallest absolute Gasteiger partial charge is 0.260 e. The predicted molar refractivity (Wildman–Crippen MR) is 101 cm³/mol. The minimum Gasteiger partial charge on any atom is -0.484 e. The van der Waals surface area contributed by atoms with Crippen LogP contribution in [0, 0.1) is 6.92 Å². The van der Waals surface area contributed by atoms with Crippen LogP contribution in [0.3, 0.4) is 0 Å². The van der Waals surface area contributed by atoms with E-state index in [9.17, 15) is 9.59 Å². The minimum absolute atomic E-state index is 0.0136. The Kier molecular flexibility index (Phi) is 5.56. The van der Waals surface area contributed by atoms with Gasteiger partial charge >= 0.3 is 0 Å². The number of hydrogen-bond acceptors (Lipinski definition) is 3. The standard InChI is InChI=1S/C21H24N2O3/c1-15-6-9-18(10-7-15)22-20(24)13-23(2)21(25)14-26-19-11-8-16-4-3-5-17(16)12-19/h6-12H,3-5,13-14H2,1-2H3,(H,22,24). The van der Waals surface area contributed by atoms with Crippen molar-refractivity contribution in [3.63, 3.8) is 0 Å². The predicted octanol–water partition coefficient (Wildman–Crippen LogP) is 2.96. The Bertz CT molecular complexity index is 799. The number of fused-ring (bicyclic) bond motifs is 1. The monoisotopic (exact) mass is 352 g/mol. The first-order valence-corrected chi connectivity index (χ1v) is 8.86. The summed E-state index contributed by atoms with van der Waals surface area (Å²) in [7, 11) is 1.60. The number of ether oxygens (including phenoxy) is 1. The Morgan fingerprint density at radius 1 is 1.08 bits per heavy atom. The Balaban J connectivity index is 1.46. The number of nitrogens with one attached hydrogen (secondary N) is 1. The molecule has 2 aromatic rings. The lowest BCUT2D eigenvalue weighted by Crippen LogP contribution is -2.37. The highest BCUT2D eigenvalue weighted by Crippen LogP contribution is 2.25. The molecular weight excluding hydrogens is 328 g/mol. The molecule has 0 unspecified atom stereocenters. The molecule has 5 heteroatoms. The Labute approximate surface area is 154 Å². The Morgan fingerprint density at radius 2 is 1.81 bits per heavy atom. The van der Waals surface area contributed by atoms with Crippen molar-refractivity contribution >= 4 is 17.5 Å². The molecule has 0 saturated heterocycles. The summed E-state index contributed by atoms with van der Waals surface area (Å²) in [5, 5.41) is 2.78. The molecule has 3 rings (SSSR count). The molecule has 1 N–H and O–H groups in total. The molecular formula is C21H24N2O3. The Hall–Kier alpha value is -2.82. The minimum atomic E-state index is -0.234. The van der Waals surface area contributed by atoms with E-state index in [-0.39, 0.29) is 25.0 Å². The van der Waals surface area contributed by atoms with Crippen LogP contribution in [0.2, 0.25) is 0 Å². The molecule has 0 saturated carbocycles. The van der Waals surface area contributed by atoms with Crippen molar-refractivity contribution in [1.29, 1.82) is 0 Å². The second kappa shape index (κ2) is 8.04. The summed E-state index contributed by atoms with van der Waals surface area (Å²) in [6.45, 7) is 1.90. The van der Waals surface area contributed by atoms with Gasteiger partial charge in [-0.05, 0) is 61.6 Å². The maximum Gasteiger partial charge on any atom is 0.260 e. The van der Waals surface area contributed by atoms with E-state index in [0.29, 0.717) is 5.75 Å². The first kappa shape index (κ1) is 18.0. The first-order valence-electron chi connectivity index (χ1n) is 8.86. The lowest BCUT2D eigenvalue weighted by molar-refractivity contribution is -0.135. The van der Waals surface area contributed by atoms with Gasteiger partial charge in [0.25, 0.3) is 5.91 Å². The van der Waals surface area contributed by atoms with Crippen molar-refractivity contribution < 1.29 is 14.3 Å². The molecule has 2 aromatic carbocycles. The van der Waals surface area contributed by atoms with Gasteiger partial charge in [0, 0.05) is 12.7 Å². The van der Waals surface area contributed by atoms with Crippen molar-refractivity contribution in [3.8, 4) is 5.75 Å². The van der Waals surface area contributed by atoms with Gasteiger partial charge in [-0.15, -0.1) is 0 Å². The fourth-order valence-corrected chi connectivity index (χ4v) is 3.03. The van der Waals surface area contributed by atoms with Crippen LogP contribution in [-0.4, -0.2) is 36.9 Å². The Morgan fingerprint density at radius 3 is 2.58 bits per heavy atom. The van der Waals surface area contributed by atoms with Gasteiger partial charge in [-0.3, -0.25) is 9.59 Å². The number of amides is 2. The summed E-state index contributed by atoms with van der Waals surface area (Å²) in [5.74, 6) is 0.239. The van der Waals surface area contributed by atoms with Crippen LogP contribution in [0.15, 0.2) is 42.5 Å². The van der Waals surface area contributed by atoms with Gasteiger partial charge < -0.3 is 15.0 Å². The quantitative estimate of drug-likeness (QED) is 0.869. The molecule has 1 aliphatic carbocycles. The van der Waals surface area contributed by atoms with Crippen molar-refractivity contribution in [3.05, 3.63) is 59.2 Å². The maximum atomic E-state index is 12.2. The number of benzene rings is 2. The van der Waals surface area contributed by atoms with Gasteiger partial charge in [-0.2, -0.15) is 0 Å². The second-order valence-corrected chi connectivity index (χ2v) is 6.74. The number of likely N-dealkylation sites (N-methyl/N-ethyl adjacent to an activating group) is 1. The summed E-state index contributed by atoms with van der Waals surface area (Å²) in [6.07, 6.45) is 3.36. The molecule has 0 heterocycles. The topological polar surface area (TPSA) is 58.6 Å². The van der Waals surface area contributed by atoms with E-state index in [1.807, 2.05) is 43.3 Å². The normalized spacial score (nSPS) is 12.4. The van der Waals surface area contributed by atoms with Crippen molar-refractivity contribution in [2.45, 2.75) is 26.2 Å². The van der Waals surface area contributed by atoms with Gasteiger partial charge in [-0.25, -0.2) is 0 Å². The third kappa shape index (κ3) is 4.63. The molecule has 0 radical (unpaired) electrons. The summed E-state index contributed by atoms with van der Waals surface area (Å²) < 4.78 is 5.60. The molecule has 5 nitrogen and oxygen atoms in total. The second-order valence-electron chi connectivity index (χ2n) is 6.74. The highest BCUT2D eigenvalue weighted by molar-refractivity contribution is 5.94.